The van der Waals surface area contributed by atoms with Crippen LogP contribution < -0.4 is 0 Å². The zero-order valence-corrected chi connectivity index (χ0v) is 7.26. The molecule has 2 unspecified atom stereocenters. The largest absolute Gasteiger partial charge is 0.378 e. The molecule has 1 heterocycles. The summed E-state index contributed by atoms with van der Waals surface area (Å²) >= 11 is 0. The summed E-state index contributed by atoms with van der Waals surface area (Å²) in [6.07, 6.45) is 3.13. The molecule has 0 aromatic heterocycles. The van der Waals surface area contributed by atoms with Crippen LogP contribution in [0.15, 0.2) is 0 Å². The van der Waals surface area contributed by atoms with Crippen LogP contribution in [0.3, 0.4) is 0 Å². The molecule has 1 heteroatoms. The summed E-state index contributed by atoms with van der Waals surface area (Å²) in [5.74, 6) is 1.67. The van der Waals surface area contributed by atoms with Gasteiger partial charge in [0.25, 0.3) is 0 Å². The van der Waals surface area contributed by atoms with Gasteiger partial charge in [-0.15, -0.1) is 0 Å². The molecule has 0 radical (unpaired) electrons. The highest BCUT2D eigenvalue weighted by molar-refractivity contribution is 4.70. The van der Waals surface area contributed by atoms with Gasteiger partial charge in [-0.1, -0.05) is 13.8 Å². The zero-order chi connectivity index (χ0) is 7.56. The molecule has 0 amide bonds. The fourth-order valence-electron chi connectivity index (χ4n) is 1.74. The number of hydrogen-bond donors (Lipinski definition) is 0. The van der Waals surface area contributed by atoms with Crippen molar-refractivity contribution in [3.63, 3.8) is 0 Å². The van der Waals surface area contributed by atoms with Crippen LogP contribution in [0.4, 0.5) is 0 Å². The van der Waals surface area contributed by atoms with E-state index in [1.54, 1.807) is 0 Å². The minimum atomic E-state index is 0.517. The molecule has 1 aliphatic heterocycles. The van der Waals surface area contributed by atoms with Crippen molar-refractivity contribution >= 4 is 0 Å². The van der Waals surface area contributed by atoms with Gasteiger partial charge in [-0.2, -0.15) is 0 Å². The molecule has 1 saturated heterocycles. The van der Waals surface area contributed by atoms with E-state index >= 15 is 0 Å². The van der Waals surface area contributed by atoms with E-state index in [1.165, 1.54) is 12.8 Å². The van der Waals surface area contributed by atoms with E-state index in [9.17, 15) is 0 Å². The molecule has 0 bridgehead atoms. The standard InChI is InChI=1S/C9H18O/c1-7(2)4-9-5-8(3)10-6-9/h7-9H,4-6H2,1-3H3. The van der Waals surface area contributed by atoms with Gasteiger partial charge in [-0.3, -0.25) is 0 Å². The van der Waals surface area contributed by atoms with Crippen molar-refractivity contribution < 1.29 is 4.74 Å². The zero-order valence-electron chi connectivity index (χ0n) is 7.26. The molecule has 0 saturated carbocycles. The molecule has 0 aromatic carbocycles. The number of ether oxygens (including phenoxy) is 1. The van der Waals surface area contributed by atoms with Gasteiger partial charge in [0.2, 0.25) is 0 Å². The van der Waals surface area contributed by atoms with Gasteiger partial charge in [-0.25, -0.2) is 0 Å². The lowest BCUT2D eigenvalue weighted by Gasteiger charge is -2.09. The Labute approximate surface area is 63.8 Å². The molecule has 1 rings (SSSR count). The normalized spacial score (nSPS) is 33.6. The quantitative estimate of drug-likeness (QED) is 0.575. The molecule has 1 aliphatic rings. The van der Waals surface area contributed by atoms with Crippen molar-refractivity contribution in [1.82, 2.24) is 0 Å². The van der Waals surface area contributed by atoms with Crippen molar-refractivity contribution in [3.05, 3.63) is 0 Å². The molecule has 1 nitrogen and oxygen atoms in total. The Bertz CT molecular complexity index is 98.9. The average Bonchev–Trinajstić information content (AvgIpc) is 2.13. The number of hydrogen-bond acceptors (Lipinski definition) is 1. The van der Waals surface area contributed by atoms with E-state index in [2.05, 4.69) is 20.8 Å². The summed E-state index contributed by atoms with van der Waals surface area (Å²) < 4.78 is 5.47. The lowest BCUT2D eigenvalue weighted by molar-refractivity contribution is 0.118. The van der Waals surface area contributed by atoms with Gasteiger partial charge in [0, 0.05) is 6.61 Å². The van der Waals surface area contributed by atoms with Gasteiger partial charge < -0.3 is 4.74 Å². The first-order valence-electron chi connectivity index (χ1n) is 4.30. The highest BCUT2D eigenvalue weighted by Crippen LogP contribution is 2.24. The average molecular weight is 142 g/mol. The molecule has 10 heavy (non-hydrogen) atoms. The van der Waals surface area contributed by atoms with Crippen molar-refractivity contribution in [1.29, 1.82) is 0 Å². The van der Waals surface area contributed by atoms with E-state index in [1.807, 2.05) is 0 Å². The maximum Gasteiger partial charge on any atom is 0.0550 e. The molecule has 1 fully saturated rings. The Balaban J connectivity index is 2.18. The summed E-state index contributed by atoms with van der Waals surface area (Å²) in [7, 11) is 0. The van der Waals surface area contributed by atoms with E-state index in [-0.39, 0.29) is 0 Å². The SMILES string of the molecule is CC(C)CC1COC(C)C1. The summed E-state index contributed by atoms with van der Waals surface area (Å²) in [5.41, 5.74) is 0. The van der Waals surface area contributed by atoms with E-state index in [4.69, 9.17) is 4.74 Å². The van der Waals surface area contributed by atoms with Crippen molar-refractivity contribution in [2.24, 2.45) is 11.8 Å². The van der Waals surface area contributed by atoms with Gasteiger partial charge in [0.15, 0.2) is 0 Å². The van der Waals surface area contributed by atoms with E-state index in [0.717, 1.165) is 18.4 Å². The summed E-state index contributed by atoms with van der Waals surface area (Å²) in [5, 5.41) is 0. The molecule has 0 spiro atoms. The maximum absolute atomic E-state index is 5.47. The van der Waals surface area contributed by atoms with Crippen LogP contribution in [0, 0.1) is 11.8 Å². The predicted octanol–water partition coefficient (Wildman–Crippen LogP) is 2.46. The fraction of sp³-hybridized carbons (Fsp3) is 1.00. The smallest absolute Gasteiger partial charge is 0.0550 e. The third-order valence-corrected chi connectivity index (χ3v) is 2.09. The minimum Gasteiger partial charge on any atom is -0.378 e. The molecule has 60 valence electrons. The Morgan fingerprint density at radius 2 is 2.20 bits per heavy atom. The Kier molecular flexibility index (Phi) is 2.72. The lowest BCUT2D eigenvalue weighted by atomic mass is 9.95. The summed E-state index contributed by atoms with van der Waals surface area (Å²) in [6, 6.07) is 0. The van der Waals surface area contributed by atoms with Gasteiger partial charge in [0.1, 0.15) is 0 Å². The van der Waals surface area contributed by atoms with Crippen LogP contribution in [-0.2, 0) is 4.74 Å². The third-order valence-electron chi connectivity index (χ3n) is 2.09. The monoisotopic (exact) mass is 142 g/mol. The predicted molar refractivity (Wildman–Crippen MR) is 43.0 cm³/mol. The second kappa shape index (κ2) is 3.38. The third kappa shape index (κ3) is 2.30. The molecule has 0 aliphatic carbocycles. The van der Waals surface area contributed by atoms with Crippen molar-refractivity contribution in [3.8, 4) is 0 Å². The van der Waals surface area contributed by atoms with Crippen LogP contribution in [0.1, 0.15) is 33.6 Å². The lowest BCUT2D eigenvalue weighted by Crippen LogP contribution is -2.03. The molecule has 2 atom stereocenters. The van der Waals surface area contributed by atoms with Gasteiger partial charge in [0.05, 0.1) is 6.10 Å². The van der Waals surface area contributed by atoms with Crippen LogP contribution in [0.2, 0.25) is 0 Å². The fourth-order valence-corrected chi connectivity index (χ4v) is 1.74. The van der Waals surface area contributed by atoms with Crippen LogP contribution >= 0.6 is 0 Å². The maximum atomic E-state index is 5.47. The second-order valence-corrected chi connectivity index (χ2v) is 3.88. The first-order chi connectivity index (χ1) is 4.68. The molecular formula is C9H18O. The van der Waals surface area contributed by atoms with Crippen molar-refractivity contribution in [2.45, 2.75) is 39.7 Å². The highest BCUT2D eigenvalue weighted by atomic mass is 16.5. The summed E-state index contributed by atoms with van der Waals surface area (Å²) in [6.45, 7) is 7.73. The minimum absolute atomic E-state index is 0.517. The van der Waals surface area contributed by atoms with Gasteiger partial charge >= 0.3 is 0 Å². The number of rotatable bonds is 2. The Hall–Kier alpha value is -0.0400. The Morgan fingerprint density at radius 1 is 1.50 bits per heavy atom. The van der Waals surface area contributed by atoms with Crippen LogP contribution in [0.25, 0.3) is 0 Å². The van der Waals surface area contributed by atoms with Crippen LogP contribution in [0.5, 0.6) is 0 Å². The van der Waals surface area contributed by atoms with E-state index in [0.29, 0.717) is 6.10 Å². The first-order valence-corrected chi connectivity index (χ1v) is 4.30. The van der Waals surface area contributed by atoms with Gasteiger partial charge in [-0.05, 0) is 31.6 Å². The van der Waals surface area contributed by atoms with E-state index < -0.39 is 0 Å². The molecular weight excluding hydrogens is 124 g/mol. The highest BCUT2D eigenvalue weighted by Gasteiger charge is 2.22. The first kappa shape index (κ1) is 8.06. The Morgan fingerprint density at radius 3 is 2.60 bits per heavy atom. The summed E-state index contributed by atoms with van der Waals surface area (Å²) in [4.78, 5) is 0. The van der Waals surface area contributed by atoms with Crippen LogP contribution in [-0.4, -0.2) is 12.7 Å². The molecule has 0 N–H and O–H groups in total. The topological polar surface area (TPSA) is 9.23 Å². The second-order valence-electron chi connectivity index (χ2n) is 3.88. The molecule has 0 aromatic rings. The van der Waals surface area contributed by atoms with Crippen molar-refractivity contribution in [2.75, 3.05) is 6.61 Å².